The van der Waals surface area contributed by atoms with Crippen molar-refractivity contribution in [3.8, 4) is 0 Å². The highest BCUT2D eigenvalue weighted by Crippen LogP contribution is 2.34. The lowest BCUT2D eigenvalue weighted by Gasteiger charge is -2.27. The summed E-state index contributed by atoms with van der Waals surface area (Å²) in [5.74, 6) is 0.320. The Kier molecular flexibility index (Phi) is 3.43. The minimum absolute atomic E-state index is 0.191. The van der Waals surface area contributed by atoms with Crippen LogP contribution in [0.25, 0.3) is 0 Å². The van der Waals surface area contributed by atoms with Crippen LogP contribution in [0, 0.1) is 0 Å². The molecule has 1 nitrogen and oxygen atoms in total. The minimum Gasteiger partial charge on any atom is -0.328 e. The predicted molar refractivity (Wildman–Crippen MR) is 60.6 cm³/mol. The molecule has 17 heavy (non-hydrogen) atoms. The fraction of sp³-hybridized carbons (Fsp3) is 0.538. The molecule has 1 unspecified atom stereocenters. The van der Waals surface area contributed by atoms with Gasteiger partial charge in [0.2, 0.25) is 0 Å². The molecule has 0 heterocycles. The Morgan fingerprint density at radius 3 is 2.24 bits per heavy atom. The Bertz CT molecular complexity index is 369. The molecule has 4 heteroatoms. The van der Waals surface area contributed by atoms with Crippen LogP contribution in [0.2, 0.25) is 0 Å². The van der Waals surface area contributed by atoms with Crippen LogP contribution in [-0.4, -0.2) is 6.04 Å². The summed E-state index contributed by atoms with van der Waals surface area (Å²) >= 11 is 0. The van der Waals surface area contributed by atoms with Crippen LogP contribution in [0.5, 0.6) is 0 Å². The summed E-state index contributed by atoms with van der Waals surface area (Å²) in [7, 11) is 0. The van der Waals surface area contributed by atoms with Crippen LogP contribution in [0.1, 0.15) is 42.7 Å². The van der Waals surface area contributed by atoms with Crippen LogP contribution in [0.4, 0.5) is 13.2 Å². The molecule has 1 fully saturated rings. The molecule has 94 valence electrons. The van der Waals surface area contributed by atoms with Crippen molar-refractivity contribution in [2.24, 2.45) is 5.73 Å². The maximum absolute atomic E-state index is 12.4. The first-order chi connectivity index (χ1) is 7.97. The van der Waals surface area contributed by atoms with Crippen molar-refractivity contribution in [1.82, 2.24) is 0 Å². The van der Waals surface area contributed by atoms with E-state index >= 15 is 0 Å². The third kappa shape index (κ3) is 3.00. The maximum atomic E-state index is 12.4. The molecule has 0 bridgehead atoms. The summed E-state index contributed by atoms with van der Waals surface area (Å²) in [6.07, 6.45) is -0.254. The highest BCUT2D eigenvalue weighted by atomic mass is 19.4. The average Bonchev–Trinajstić information content (AvgIpc) is 2.28. The number of nitrogens with two attached hydrogens (primary N) is 1. The van der Waals surface area contributed by atoms with E-state index in [1.807, 2.05) is 0 Å². The SMILES string of the molecule is NC1CCC[C@@H](c2ccc(C(F)(F)F)cc2)C1. The molecule has 2 atom stereocenters. The van der Waals surface area contributed by atoms with Crippen molar-refractivity contribution >= 4 is 0 Å². The van der Waals surface area contributed by atoms with Gasteiger partial charge in [0.1, 0.15) is 0 Å². The molecule has 0 aliphatic heterocycles. The van der Waals surface area contributed by atoms with Gasteiger partial charge in [-0.15, -0.1) is 0 Å². The fourth-order valence-electron chi connectivity index (χ4n) is 2.47. The summed E-state index contributed by atoms with van der Waals surface area (Å²) in [5, 5.41) is 0. The lowest BCUT2D eigenvalue weighted by Crippen LogP contribution is -2.26. The van der Waals surface area contributed by atoms with Crippen molar-refractivity contribution in [3.05, 3.63) is 35.4 Å². The first-order valence-electron chi connectivity index (χ1n) is 5.89. The van der Waals surface area contributed by atoms with Crippen LogP contribution < -0.4 is 5.73 Å². The Hall–Kier alpha value is -1.03. The van der Waals surface area contributed by atoms with Crippen LogP contribution >= 0.6 is 0 Å². The van der Waals surface area contributed by atoms with Crippen molar-refractivity contribution in [3.63, 3.8) is 0 Å². The van der Waals surface area contributed by atoms with Gasteiger partial charge in [0, 0.05) is 6.04 Å². The molecule has 1 aliphatic carbocycles. The van der Waals surface area contributed by atoms with Crippen LogP contribution in [0.15, 0.2) is 24.3 Å². The first kappa shape index (κ1) is 12.4. The molecular formula is C13H16F3N. The van der Waals surface area contributed by atoms with Crippen molar-refractivity contribution in [1.29, 1.82) is 0 Å². The molecule has 0 aromatic heterocycles. The number of rotatable bonds is 1. The zero-order chi connectivity index (χ0) is 12.5. The molecule has 2 N–H and O–H groups in total. The largest absolute Gasteiger partial charge is 0.416 e. The van der Waals surface area contributed by atoms with E-state index < -0.39 is 11.7 Å². The van der Waals surface area contributed by atoms with Crippen molar-refractivity contribution < 1.29 is 13.2 Å². The molecular weight excluding hydrogens is 227 g/mol. The molecule has 1 aliphatic rings. The summed E-state index contributed by atoms with van der Waals surface area (Å²) in [6, 6.07) is 5.69. The number of alkyl halides is 3. The van der Waals surface area contributed by atoms with Crippen molar-refractivity contribution in [2.75, 3.05) is 0 Å². The third-order valence-electron chi connectivity index (χ3n) is 3.42. The van der Waals surface area contributed by atoms with E-state index in [0.717, 1.165) is 43.4 Å². The maximum Gasteiger partial charge on any atom is 0.416 e. The van der Waals surface area contributed by atoms with E-state index in [1.54, 1.807) is 12.1 Å². The van der Waals surface area contributed by atoms with E-state index in [9.17, 15) is 13.2 Å². The highest BCUT2D eigenvalue weighted by Gasteiger charge is 2.30. The number of hydrogen-bond donors (Lipinski definition) is 1. The number of hydrogen-bond acceptors (Lipinski definition) is 1. The second-order valence-electron chi connectivity index (χ2n) is 4.74. The standard InChI is InChI=1S/C13H16F3N/c14-13(15,16)11-6-4-9(5-7-11)10-2-1-3-12(17)8-10/h4-7,10,12H,1-3,8,17H2/t10-,12?/m1/s1. The molecule has 1 aromatic carbocycles. The molecule has 2 rings (SSSR count). The molecule has 0 amide bonds. The van der Waals surface area contributed by atoms with Gasteiger partial charge in [-0.25, -0.2) is 0 Å². The van der Waals surface area contributed by atoms with Crippen molar-refractivity contribution in [2.45, 2.75) is 43.8 Å². The van der Waals surface area contributed by atoms with Gasteiger partial charge < -0.3 is 5.73 Å². The normalized spacial score (nSPS) is 25.9. The van der Waals surface area contributed by atoms with E-state index in [-0.39, 0.29) is 6.04 Å². The Labute approximate surface area is 98.8 Å². The lowest BCUT2D eigenvalue weighted by atomic mass is 9.81. The van der Waals surface area contributed by atoms with E-state index in [0.29, 0.717) is 5.92 Å². The zero-order valence-electron chi connectivity index (χ0n) is 9.50. The third-order valence-corrected chi connectivity index (χ3v) is 3.42. The van der Waals surface area contributed by atoms with Gasteiger partial charge in [0.25, 0.3) is 0 Å². The molecule has 0 spiro atoms. The topological polar surface area (TPSA) is 26.0 Å². The minimum atomic E-state index is -4.25. The molecule has 1 saturated carbocycles. The van der Waals surface area contributed by atoms with Gasteiger partial charge in [-0.3, -0.25) is 0 Å². The second kappa shape index (κ2) is 4.69. The van der Waals surface area contributed by atoms with Gasteiger partial charge in [0.15, 0.2) is 0 Å². The smallest absolute Gasteiger partial charge is 0.328 e. The van der Waals surface area contributed by atoms with Gasteiger partial charge in [0.05, 0.1) is 5.56 Å². The van der Waals surface area contributed by atoms with E-state index in [1.165, 1.54) is 0 Å². The van der Waals surface area contributed by atoms with Crippen LogP contribution in [-0.2, 0) is 6.18 Å². The zero-order valence-corrected chi connectivity index (χ0v) is 9.50. The van der Waals surface area contributed by atoms with Gasteiger partial charge in [-0.1, -0.05) is 18.6 Å². The predicted octanol–water partition coefficient (Wildman–Crippen LogP) is 3.69. The molecule has 0 radical (unpaired) electrons. The average molecular weight is 243 g/mol. The molecule has 0 saturated heterocycles. The Morgan fingerprint density at radius 2 is 1.71 bits per heavy atom. The van der Waals surface area contributed by atoms with Gasteiger partial charge in [-0.05, 0) is 42.9 Å². The molecule has 1 aromatic rings. The second-order valence-corrected chi connectivity index (χ2v) is 4.74. The summed E-state index contributed by atoms with van der Waals surface area (Å²) < 4.78 is 37.2. The van der Waals surface area contributed by atoms with E-state index in [4.69, 9.17) is 5.73 Å². The summed E-state index contributed by atoms with van der Waals surface area (Å²) in [5.41, 5.74) is 6.28. The monoisotopic (exact) mass is 243 g/mol. The van der Waals surface area contributed by atoms with Crippen LogP contribution in [0.3, 0.4) is 0 Å². The Morgan fingerprint density at radius 1 is 1.06 bits per heavy atom. The number of halogens is 3. The summed E-state index contributed by atoms with van der Waals surface area (Å²) in [6.45, 7) is 0. The van der Waals surface area contributed by atoms with Gasteiger partial charge >= 0.3 is 6.18 Å². The first-order valence-corrected chi connectivity index (χ1v) is 5.89. The Balaban J connectivity index is 2.12. The fourth-order valence-corrected chi connectivity index (χ4v) is 2.47. The lowest BCUT2D eigenvalue weighted by molar-refractivity contribution is -0.137. The van der Waals surface area contributed by atoms with E-state index in [2.05, 4.69) is 0 Å². The highest BCUT2D eigenvalue weighted by molar-refractivity contribution is 5.27. The van der Waals surface area contributed by atoms with Gasteiger partial charge in [-0.2, -0.15) is 13.2 Å². The summed E-state index contributed by atoms with van der Waals surface area (Å²) in [4.78, 5) is 0. The quantitative estimate of drug-likeness (QED) is 0.799. The number of benzene rings is 1.